The standard InChI is InChI=1S/C12H14ClNO3/c1-2-5-14-7-9-6-10(13)3-4-11(9)17-8-12(15)16/h2-4,6,14H,1,5,7-8H2,(H,15,16). The van der Waals surface area contributed by atoms with Crippen molar-refractivity contribution in [2.45, 2.75) is 6.54 Å². The van der Waals surface area contributed by atoms with Gasteiger partial charge in [0.05, 0.1) is 0 Å². The number of carboxylic acids is 1. The van der Waals surface area contributed by atoms with Crippen molar-refractivity contribution in [2.24, 2.45) is 0 Å². The molecule has 5 heteroatoms. The fraction of sp³-hybridized carbons (Fsp3) is 0.250. The maximum absolute atomic E-state index is 10.4. The number of carboxylic acid groups (broad SMARTS) is 1. The van der Waals surface area contributed by atoms with Gasteiger partial charge < -0.3 is 15.2 Å². The molecule has 0 fully saturated rings. The molecule has 0 aliphatic rings. The summed E-state index contributed by atoms with van der Waals surface area (Å²) in [5.41, 5.74) is 0.820. The number of carbonyl (C=O) groups is 1. The average molecular weight is 256 g/mol. The fourth-order valence-electron chi connectivity index (χ4n) is 1.28. The fourth-order valence-corrected chi connectivity index (χ4v) is 1.47. The van der Waals surface area contributed by atoms with Crippen LogP contribution in [0.3, 0.4) is 0 Å². The molecule has 0 aliphatic carbocycles. The summed E-state index contributed by atoms with van der Waals surface area (Å²) in [6.07, 6.45) is 1.74. The Morgan fingerprint density at radius 1 is 1.59 bits per heavy atom. The van der Waals surface area contributed by atoms with Crippen molar-refractivity contribution in [3.8, 4) is 5.75 Å². The lowest BCUT2D eigenvalue weighted by molar-refractivity contribution is -0.139. The molecule has 1 rings (SSSR count). The van der Waals surface area contributed by atoms with Crippen molar-refractivity contribution in [2.75, 3.05) is 13.2 Å². The van der Waals surface area contributed by atoms with Crippen LogP contribution in [0.4, 0.5) is 0 Å². The van der Waals surface area contributed by atoms with E-state index in [4.69, 9.17) is 21.4 Å². The largest absolute Gasteiger partial charge is 0.482 e. The molecule has 0 aromatic heterocycles. The van der Waals surface area contributed by atoms with E-state index in [1.54, 1.807) is 24.3 Å². The first-order valence-corrected chi connectivity index (χ1v) is 5.46. The number of ether oxygens (including phenoxy) is 1. The summed E-state index contributed by atoms with van der Waals surface area (Å²) in [4.78, 5) is 10.4. The molecule has 0 radical (unpaired) electrons. The summed E-state index contributed by atoms with van der Waals surface area (Å²) >= 11 is 5.87. The van der Waals surface area contributed by atoms with Crippen LogP contribution >= 0.6 is 11.6 Å². The van der Waals surface area contributed by atoms with Gasteiger partial charge in [-0.3, -0.25) is 0 Å². The minimum absolute atomic E-state index is 0.365. The molecule has 0 bridgehead atoms. The Morgan fingerprint density at radius 3 is 3.00 bits per heavy atom. The highest BCUT2D eigenvalue weighted by Crippen LogP contribution is 2.22. The zero-order valence-corrected chi connectivity index (χ0v) is 10.0. The third-order valence-corrected chi connectivity index (χ3v) is 2.21. The van der Waals surface area contributed by atoms with Crippen molar-refractivity contribution in [1.29, 1.82) is 0 Å². The zero-order chi connectivity index (χ0) is 12.7. The summed E-state index contributed by atoms with van der Waals surface area (Å²) in [6, 6.07) is 5.07. The SMILES string of the molecule is C=CCNCc1cc(Cl)ccc1OCC(=O)O. The second-order valence-corrected chi connectivity index (χ2v) is 3.79. The minimum Gasteiger partial charge on any atom is -0.482 e. The van der Waals surface area contributed by atoms with Gasteiger partial charge in [-0.1, -0.05) is 17.7 Å². The number of halogens is 1. The number of hydrogen-bond donors (Lipinski definition) is 2. The summed E-state index contributed by atoms with van der Waals surface area (Å²) in [7, 11) is 0. The van der Waals surface area contributed by atoms with Crippen molar-refractivity contribution >= 4 is 17.6 Å². The van der Waals surface area contributed by atoms with Gasteiger partial charge in [0.1, 0.15) is 5.75 Å². The topological polar surface area (TPSA) is 58.6 Å². The van der Waals surface area contributed by atoms with Crippen LogP contribution in [0.1, 0.15) is 5.56 Å². The highest BCUT2D eigenvalue weighted by Gasteiger charge is 2.06. The molecule has 4 nitrogen and oxygen atoms in total. The van der Waals surface area contributed by atoms with Gasteiger partial charge in [0.15, 0.2) is 6.61 Å². The third-order valence-electron chi connectivity index (χ3n) is 1.98. The maximum Gasteiger partial charge on any atom is 0.341 e. The van der Waals surface area contributed by atoms with Crippen molar-refractivity contribution < 1.29 is 14.6 Å². The molecule has 0 saturated heterocycles. The number of rotatable bonds is 7. The van der Waals surface area contributed by atoms with Gasteiger partial charge in [-0.2, -0.15) is 0 Å². The predicted molar refractivity (Wildman–Crippen MR) is 66.5 cm³/mol. The molecule has 0 spiro atoms. The average Bonchev–Trinajstić information content (AvgIpc) is 2.28. The lowest BCUT2D eigenvalue weighted by Crippen LogP contribution is -2.15. The van der Waals surface area contributed by atoms with Crippen LogP contribution in [0.15, 0.2) is 30.9 Å². The minimum atomic E-state index is -1.01. The highest BCUT2D eigenvalue weighted by atomic mass is 35.5. The van der Waals surface area contributed by atoms with Crippen LogP contribution in [0.2, 0.25) is 5.02 Å². The maximum atomic E-state index is 10.4. The van der Waals surface area contributed by atoms with Crippen LogP contribution in [0.25, 0.3) is 0 Å². The van der Waals surface area contributed by atoms with E-state index in [0.29, 0.717) is 23.9 Å². The van der Waals surface area contributed by atoms with Crippen molar-refractivity contribution in [1.82, 2.24) is 5.32 Å². The van der Waals surface area contributed by atoms with E-state index in [1.807, 2.05) is 0 Å². The van der Waals surface area contributed by atoms with Crippen LogP contribution in [0, 0.1) is 0 Å². The van der Waals surface area contributed by atoms with Gasteiger partial charge in [0, 0.05) is 23.7 Å². The van der Waals surface area contributed by atoms with E-state index >= 15 is 0 Å². The number of aliphatic carboxylic acids is 1. The lowest BCUT2D eigenvalue weighted by Gasteiger charge is -2.10. The van der Waals surface area contributed by atoms with E-state index in [1.165, 1.54) is 0 Å². The normalized spacial score (nSPS) is 9.94. The van der Waals surface area contributed by atoms with Gasteiger partial charge in [-0.15, -0.1) is 6.58 Å². The van der Waals surface area contributed by atoms with E-state index < -0.39 is 5.97 Å². The predicted octanol–water partition coefficient (Wildman–Crippen LogP) is 2.08. The summed E-state index contributed by atoms with van der Waals surface area (Å²) < 4.78 is 5.16. The molecule has 0 unspecified atom stereocenters. The molecule has 1 aromatic carbocycles. The molecule has 0 aliphatic heterocycles. The van der Waals surface area contributed by atoms with Gasteiger partial charge in [-0.25, -0.2) is 4.79 Å². The molecular formula is C12H14ClNO3. The molecule has 1 aromatic rings. The Labute approximate surface area is 105 Å². The first-order valence-electron chi connectivity index (χ1n) is 5.08. The first-order chi connectivity index (χ1) is 8.13. The molecule has 0 saturated carbocycles. The second-order valence-electron chi connectivity index (χ2n) is 3.35. The Balaban J connectivity index is 2.72. The smallest absolute Gasteiger partial charge is 0.341 e. The van der Waals surface area contributed by atoms with Gasteiger partial charge in [-0.05, 0) is 18.2 Å². The highest BCUT2D eigenvalue weighted by molar-refractivity contribution is 6.30. The quantitative estimate of drug-likeness (QED) is 0.579. The van der Waals surface area contributed by atoms with Gasteiger partial charge in [0.2, 0.25) is 0 Å². The zero-order valence-electron chi connectivity index (χ0n) is 9.28. The van der Waals surface area contributed by atoms with E-state index in [-0.39, 0.29) is 6.61 Å². The summed E-state index contributed by atoms with van der Waals surface area (Å²) in [6.45, 7) is 4.43. The number of benzene rings is 1. The van der Waals surface area contributed by atoms with Gasteiger partial charge >= 0.3 is 5.97 Å². The molecular weight excluding hydrogens is 242 g/mol. The van der Waals surface area contributed by atoms with E-state index in [0.717, 1.165) is 5.56 Å². The molecule has 92 valence electrons. The molecule has 0 amide bonds. The molecule has 0 heterocycles. The summed E-state index contributed by atoms with van der Waals surface area (Å²) in [5.74, 6) is -0.488. The monoisotopic (exact) mass is 255 g/mol. The van der Waals surface area contributed by atoms with Crippen LogP contribution in [-0.4, -0.2) is 24.2 Å². The molecule has 17 heavy (non-hydrogen) atoms. The Morgan fingerprint density at radius 2 is 2.35 bits per heavy atom. The Kier molecular flexibility index (Phi) is 5.52. The summed E-state index contributed by atoms with van der Waals surface area (Å²) in [5, 5.41) is 12.2. The lowest BCUT2D eigenvalue weighted by atomic mass is 10.2. The van der Waals surface area contributed by atoms with Crippen LogP contribution < -0.4 is 10.1 Å². The number of nitrogens with one attached hydrogen (secondary N) is 1. The van der Waals surface area contributed by atoms with E-state index in [9.17, 15) is 4.79 Å². The third kappa shape index (κ3) is 4.89. The first kappa shape index (κ1) is 13.5. The van der Waals surface area contributed by atoms with Crippen molar-refractivity contribution in [3.63, 3.8) is 0 Å². The van der Waals surface area contributed by atoms with Crippen LogP contribution in [-0.2, 0) is 11.3 Å². The second kappa shape index (κ2) is 6.93. The molecule has 2 N–H and O–H groups in total. The number of hydrogen-bond acceptors (Lipinski definition) is 3. The Bertz CT molecular complexity index is 407. The van der Waals surface area contributed by atoms with Crippen LogP contribution in [0.5, 0.6) is 5.75 Å². The molecule has 0 atom stereocenters. The van der Waals surface area contributed by atoms with E-state index in [2.05, 4.69) is 11.9 Å². The van der Waals surface area contributed by atoms with Gasteiger partial charge in [0.25, 0.3) is 0 Å². The Hall–Kier alpha value is -1.52. The van der Waals surface area contributed by atoms with Crippen molar-refractivity contribution in [3.05, 3.63) is 41.4 Å².